The fourth-order valence-corrected chi connectivity index (χ4v) is 5.46. The van der Waals surface area contributed by atoms with E-state index in [1.165, 1.54) is 35.7 Å². The maximum Gasteiger partial charge on any atom is 0.322 e. The molecule has 1 amide bonds. The van der Waals surface area contributed by atoms with Gasteiger partial charge in [0.1, 0.15) is 5.75 Å². The summed E-state index contributed by atoms with van der Waals surface area (Å²) in [4.78, 5) is 12.9. The number of benzene rings is 4. The van der Waals surface area contributed by atoms with Gasteiger partial charge < -0.3 is 9.15 Å². The van der Waals surface area contributed by atoms with Crippen molar-refractivity contribution >= 4 is 27.6 Å². The molecule has 0 spiro atoms. The molecule has 0 aliphatic heterocycles. The Morgan fingerprint density at radius 2 is 1.56 bits per heavy atom. The minimum absolute atomic E-state index is 0.0597. The van der Waals surface area contributed by atoms with Crippen LogP contribution in [0.4, 0.5) is 11.7 Å². The fourth-order valence-electron chi connectivity index (χ4n) is 3.95. The van der Waals surface area contributed by atoms with Crippen molar-refractivity contribution in [2.45, 2.75) is 11.4 Å². The summed E-state index contributed by atoms with van der Waals surface area (Å²) in [5, 5.41) is 10.4. The molecule has 5 aromatic rings. The van der Waals surface area contributed by atoms with E-state index in [2.05, 4.69) is 15.5 Å². The lowest BCUT2D eigenvalue weighted by atomic mass is 10.2. The van der Waals surface area contributed by atoms with E-state index in [9.17, 15) is 13.2 Å². The molecule has 196 valence electrons. The van der Waals surface area contributed by atoms with E-state index >= 15 is 0 Å². The summed E-state index contributed by atoms with van der Waals surface area (Å²) >= 11 is 0. The van der Waals surface area contributed by atoms with Gasteiger partial charge in [-0.25, -0.2) is 8.42 Å². The second-order valence-electron chi connectivity index (χ2n) is 8.43. The van der Waals surface area contributed by atoms with Gasteiger partial charge in [-0.1, -0.05) is 71.8 Å². The molecule has 0 bridgehead atoms. The van der Waals surface area contributed by atoms with Crippen LogP contribution in [-0.2, 0) is 16.6 Å². The lowest BCUT2D eigenvalue weighted by Gasteiger charge is -2.26. The van der Waals surface area contributed by atoms with Crippen molar-refractivity contribution in [2.24, 2.45) is 0 Å². The van der Waals surface area contributed by atoms with Gasteiger partial charge in [0.15, 0.2) is 0 Å². The SMILES string of the molecule is COc1ccccc1N(Cc1ccccc1)S(=O)(=O)c1cccc(C(=O)Nc2nnc(-c3ccccc3)o2)c1. The van der Waals surface area contributed by atoms with Crippen molar-refractivity contribution < 1.29 is 22.4 Å². The molecule has 1 aromatic heterocycles. The van der Waals surface area contributed by atoms with Crippen LogP contribution in [0.2, 0.25) is 0 Å². The average Bonchev–Trinajstić information content (AvgIpc) is 3.45. The zero-order valence-electron chi connectivity index (χ0n) is 20.9. The number of anilines is 2. The van der Waals surface area contributed by atoms with E-state index in [0.29, 0.717) is 17.0 Å². The van der Waals surface area contributed by atoms with Gasteiger partial charge in [0.05, 0.1) is 24.2 Å². The number of hydrogen-bond donors (Lipinski definition) is 1. The average molecular weight is 541 g/mol. The minimum atomic E-state index is -4.12. The van der Waals surface area contributed by atoms with Crippen LogP contribution < -0.4 is 14.4 Å². The molecule has 0 aliphatic carbocycles. The molecule has 0 saturated heterocycles. The van der Waals surface area contributed by atoms with Crippen LogP contribution in [0.1, 0.15) is 15.9 Å². The number of nitrogens with one attached hydrogen (secondary N) is 1. The van der Waals surface area contributed by atoms with Gasteiger partial charge in [-0.3, -0.25) is 14.4 Å². The molecule has 5 rings (SSSR count). The van der Waals surface area contributed by atoms with Gasteiger partial charge in [-0.15, -0.1) is 5.10 Å². The molecule has 0 aliphatic rings. The quantitative estimate of drug-likeness (QED) is 0.266. The number of ether oxygens (including phenoxy) is 1. The Hall–Kier alpha value is -4.96. The van der Waals surface area contributed by atoms with E-state index in [4.69, 9.17) is 9.15 Å². The Morgan fingerprint density at radius 3 is 2.31 bits per heavy atom. The predicted octanol–water partition coefficient (Wildman–Crippen LogP) is 5.39. The van der Waals surface area contributed by atoms with Crippen molar-refractivity contribution in [3.8, 4) is 17.2 Å². The number of rotatable bonds is 9. The molecule has 1 N–H and O–H groups in total. The molecule has 4 aromatic carbocycles. The normalized spacial score (nSPS) is 11.1. The van der Waals surface area contributed by atoms with Gasteiger partial charge in [0.2, 0.25) is 5.89 Å². The van der Waals surface area contributed by atoms with Crippen molar-refractivity contribution in [3.05, 3.63) is 120 Å². The number of sulfonamides is 1. The Kier molecular flexibility index (Phi) is 7.37. The molecule has 10 heteroatoms. The largest absolute Gasteiger partial charge is 0.495 e. The predicted molar refractivity (Wildman–Crippen MR) is 147 cm³/mol. The fraction of sp³-hybridized carbons (Fsp3) is 0.0690. The third kappa shape index (κ3) is 5.65. The highest BCUT2D eigenvalue weighted by atomic mass is 32.2. The zero-order chi connectivity index (χ0) is 27.2. The molecule has 0 atom stereocenters. The monoisotopic (exact) mass is 540 g/mol. The molecular formula is C29H24N4O5S. The molecule has 0 unspecified atom stereocenters. The summed E-state index contributed by atoms with van der Waals surface area (Å²) in [6, 6.07) is 30.9. The highest BCUT2D eigenvalue weighted by molar-refractivity contribution is 7.92. The van der Waals surface area contributed by atoms with Crippen LogP contribution in [0.25, 0.3) is 11.5 Å². The van der Waals surface area contributed by atoms with Gasteiger partial charge in [0, 0.05) is 11.1 Å². The number of methoxy groups -OCH3 is 1. The second-order valence-corrected chi connectivity index (χ2v) is 10.3. The van der Waals surface area contributed by atoms with Crippen molar-refractivity contribution in [1.82, 2.24) is 10.2 Å². The zero-order valence-corrected chi connectivity index (χ0v) is 21.7. The van der Waals surface area contributed by atoms with Crippen LogP contribution in [-0.4, -0.2) is 31.6 Å². The van der Waals surface area contributed by atoms with E-state index in [1.807, 2.05) is 48.5 Å². The summed E-state index contributed by atoms with van der Waals surface area (Å²) in [7, 11) is -2.64. The first-order valence-electron chi connectivity index (χ1n) is 12.0. The molecule has 39 heavy (non-hydrogen) atoms. The standard InChI is InChI=1S/C29H24N4O5S/c1-37-26-18-9-8-17-25(26)33(20-21-11-4-2-5-12-21)39(35,36)24-16-10-15-23(19-24)27(34)30-29-32-31-28(38-29)22-13-6-3-7-14-22/h2-19H,20H2,1H3,(H,30,32,34). The summed E-state index contributed by atoms with van der Waals surface area (Å²) in [6.07, 6.45) is 0. The summed E-state index contributed by atoms with van der Waals surface area (Å²) in [5.41, 5.74) is 1.97. The Morgan fingerprint density at radius 1 is 0.872 bits per heavy atom. The highest BCUT2D eigenvalue weighted by Crippen LogP contribution is 2.34. The Labute approximate surface area is 225 Å². The molecule has 9 nitrogen and oxygen atoms in total. The van der Waals surface area contributed by atoms with Crippen LogP contribution in [0.15, 0.2) is 119 Å². The van der Waals surface area contributed by atoms with Crippen LogP contribution in [0.3, 0.4) is 0 Å². The number of aromatic nitrogens is 2. The molecule has 0 fully saturated rings. The third-order valence-corrected chi connectivity index (χ3v) is 7.63. The van der Waals surface area contributed by atoms with E-state index < -0.39 is 15.9 Å². The van der Waals surface area contributed by atoms with E-state index in [0.717, 1.165) is 5.56 Å². The summed E-state index contributed by atoms with van der Waals surface area (Å²) in [5.74, 6) is 0.0503. The van der Waals surface area contributed by atoms with Gasteiger partial charge in [0.25, 0.3) is 15.9 Å². The number of para-hydroxylation sites is 2. The molecule has 0 radical (unpaired) electrons. The number of carbonyl (C=O) groups is 1. The van der Waals surface area contributed by atoms with E-state index in [1.54, 1.807) is 36.4 Å². The van der Waals surface area contributed by atoms with Crippen molar-refractivity contribution in [3.63, 3.8) is 0 Å². The van der Waals surface area contributed by atoms with Gasteiger partial charge in [-0.05, 0) is 48.0 Å². The lowest BCUT2D eigenvalue weighted by Crippen LogP contribution is -2.31. The third-order valence-electron chi connectivity index (χ3n) is 5.87. The molecule has 1 heterocycles. The first-order valence-corrected chi connectivity index (χ1v) is 13.4. The van der Waals surface area contributed by atoms with Gasteiger partial charge >= 0.3 is 6.01 Å². The maximum atomic E-state index is 14.0. The van der Waals surface area contributed by atoms with Crippen molar-refractivity contribution in [2.75, 3.05) is 16.7 Å². The number of carbonyl (C=O) groups excluding carboxylic acids is 1. The van der Waals surface area contributed by atoms with Crippen molar-refractivity contribution in [1.29, 1.82) is 0 Å². The number of nitrogens with zero attached hydrogens (tertiary/aromatic N) is 3. The van der Waals surface area contributed by atoms with Crippen LogP contribution >= 0.6 is 0 Å². The molecule has 0 saturated carbocycles. The van der Waals surface area contributed by atoms with Crippen LogP contribution in [0.5, 0.6) is 5.75 Å². The first-order chi connectivity index (χ1) is 19.0. The smallest absolute Gasteiger partial charge is 0.322 e. The Balaban J connectivity index is 1.45. The topological polar surface area (TPSA) is 115 Å². The number of hydrogen-bond acceptors (Lipinski definition) is 7. The first kappa shape index (κ1) is 25.7. The summed E-state index contributed by atoms with van der Waals surface area (Å²) < 4.78 is 40.3. The molecular weight excluding hydrogens is 516 g/mol. The minimum Gasteiger partial charge on any atom is -0.495 e. The van der Waals surface area contributed by atoms with Gasteiger partial charge in [-0.2, -0.15) is 0 Å². The Bertz CT molecular complexity index is 1690. The number of amides is 1. The van der Waals surface area contributed by atoms with Crippen LogP contribution in [0, 0.1) is 0 Å². The highest BCUT2D eigenvalue weighted by Gasteiger charge is 2.28. The second kappa shape index (κ2) is 11.2. The summed E-state index contributed by atoms with van der Waals surface area (Å²) in [6.45, 7) is 0.0597. The maximum absolute atomic E-state index is 14.0. The lowest BCUT2D eigenvalue weighted by molar-refractivity contribution is 0.102. The van der Waals surface area contributed by atoms with E-state index in [-0.39, 0.29) is 28.9 Å².